The van der Waals surface area contributed by atoms with Crippen LogP contribution in [0.25, 0.3) is 0 Å². The second kappa shape index (κ2) is 9.89. The Hall–Kier alpha value is -4.11. The molecule has 0 unspecified atom stereocenters. The van der Waals surface area contributed by atoms with Crippen LogP contribution in [0, 0.1) is 11.3 Å². The molecule has 3 aromatic carbocycles. The van der Waals surface area contributed by atoms with Crippen molar-refractivity contribution in [3.05, 3.63) is 84.4 Å². The third-order valence-corrected chi connectivity index (χ3v) is 4.35. The van der Waals surface area contributed by atoms with Crippen molar-refractivity contribution in [3.63, 3.8) is 0 Å². The van der Waals surface area contributed by atoms with Crippen LogP contribution >= 0.6 is 0 Å². The Bertz CT molecular complexity index is 1060. The third kappa shape index (κ3) is 5.69. The van der Waals surface area contributed by atoms with E-state index in [1.807, 2.05) is 30.3 Å². The van der Waals surface area contributed by atoms with Crippen molar-refractivity contribution in [2.75, 3.05) is 16.8 Å². The zero-order chi connectivity index (χ0) is 21.3. The maximum atomic E-state index is 12.3. The second-order valence-electron chi connectivity index (χ2n) is 6.57. The molecule has 0 atom stereocenters. The summed E-state index contributed by atoms with van der Waals surface area (Å²) in [7, 11) is 0. The molecule has 0 spiro atoms. The van der Waals surface area contributed by atoms with Gasteiger partial charge in [-0.05, 0) is 54.6 Å². The van der Waals surface area contributed by atoms with Gasteiger partial charge < -0.3 is 15.0 Å². The predicted octanol–water partition coefficient (Wildman–Crippen LogP) is 4.73. The number of hydrogen-bond donors (Lipinski definition) is 1. The molecule has 1 N–H and O–H groups in total. The van der Waals surface area contributed by atoms with Crippen molar-refractivity contribution in [1.29, 1.82) is 5.26 Å². The smallest absolute Gasteiger partial charge is 0.226 e. The van der Waals surface area contributed by atoms with Crippen LogP contribution in [0.1, 0.15) is 18.9 Å². The molecule has 0 bridgehead atoms. The molecular formula is C24H21N3O3. The summed E-state index contributed by atoms with van der Waals surface area (Å²) >= 11 is 0. The lowest BCUT2D eigenvalue weighted by molar-refractivity contribution is -0.117. The van der Waals surface area contributed by atoms with Gasteiger partial charge in [-0.2, -0.15) is 5.26 Å². The van der Waals surface area contributed by atoms with E-state index in [0.29, 0.717) is 22.7 Å². The van der Waals surface area contributed by atoms with E-state index in [-0.39, 0.29) is 24.8 Å². The summed E-state index contributed by atoms with van der Waals surface area (Å²) < 4.78 is 5.73. The fourth-order valence-corrected chi connectivity index (χ4v) is 2.88. The third-order valence-electron chi connectivity index (χ3n) is 4.35. The Labute approximate surface area is 175 Å². The lowest BCUT2D eigenvalue weighted by Gasteiger charge is -2.21. The molecule has 0 radical (unpaired) electrons. The number of nitriles is 1. The van der Waals surface area contributed by atoms with Gasteiger partial charge in [0, 0.05) is 31.3 Å². The van der Waals surface area contributed by atoms with E-state index in [1.54, 1.807) is 48.5 Å². The van der Waals surface area contributed by atoms with Crippen LogP contribution in [-0.4, -0.2) is 18.4 Å². The van der Waals surface area contributed by atoms with Crippen molar-refractivity contribution in [1.82, 2.24) is 0 Å². The average Bonchev–Trinajstić information content (AvgIpc) is 2.76. The molecule has 6 heteroatoms. The van der Waals surface area contributed by atoms with Crippen molar-refractivity contribution >= 4 is 23.2 Å². The van der Waals surface area contributed by atoms with Gasteiger partial charge >= 0.3 is 0 Å². The lowest BCUT2D eigenvalue weighted by atomic mass is 10.2. The average molecular weight is 399 g/mol. The largest absolute Gasteiger partial charge is 0.457 e. The highest BCUT2D eigenvalue weighted by Crippen LogP contribution is 2.23. The van der Waals surface area contributed by atoms with Crippen molar-refractivity contribution in [2.24, 2.45) is 0 Å². The minimum absolute atomic E-state index is 0.124. The number of carbonyl (C=O) groups excluding carboxylic acids is 2. The Kier molecular flexibility index (Phi) is 6.80. The molecule has 150 valence electrons. The summed E-state index contributed by atoms with van der Waals surface area (Å²) in [6.45, 7) is 1.65. The van der Waals surface area contributed by atoms with E-state index in [2.05, 4.69) is 11.4 Å². The highest BCUT2D eigenvalue weighted by molar-refractivity contribution is 5.94. The van der Waals surface area contributed by atoms with Crippen molar-refractivity contribution < 1.29 is 14.3 Å². The normalized spacial score (nSPS) is 10.0. The lowest BCUT2D eigenvalue weighted by Crippen LogP contribution is -2.32. The van der Waals surface area contributed by atoms with Gasteiger partial charge in [0.1, 0.15) is 11.5 Å². The number of anilines is 2. The van der Waals surface area contributed by atoms with Gasteiger partial charge in [0.05, 0.1) is 11.6 Å². The van der Waals surface area contributed by atoms with Gasteiger partial charge in [0.2, 0.25) is 11.8 Å². The first-order valence-corrected chi connectivity index (χ1v) is 9.46. The minimum atomic E-state index is -0.214. The summed E-state index contributed by atoms with van der Waals surface area (Å²) in [4.78, 5) is 25.8. The zero-order valence-corrected chi connectivity index (χ0v) is 16.5. The molecule has 0 saturated carbocycles. The standard InChI is InChI=1S/C24H21N3O3/c1-18(28)27(21-7-5-6-19(16-21)17-25)15-14-24(29)26-20-10-12-23(13-11-20)30-22-8-3-2-4-9-22/h2-13,16H,14-15H2,1H3,(H,26,29). The van der Waals surface area contributed by atoms with E-state index in [9.17, 15) is 9.59 Å². The van der Waals surface area contributed by atoms with E-state index in [1.165, 1.54) is 11.8 Å². The molecule has 2 amide bonds. The first-order valence-electron chi connectivity index (χ1n) is 9.46. The van der Waals surface area contributed by atoms with Crippen LogP contribution < -0.4 is 15.0 Å². The Balaban J connectivity index is 1.56. The van der Waals surface area contributed by atoms with Crippen LogP contribution in [0.4, 0.5) is 11.4 Å². The maximum absolute atomic E-state index is 12.3. The Morgan fingerprint density at radius 3 is 2.33 bits per heavy atom. The summed E-state index contributed by atoms with van der Waals surface area (Å²) in [6.07, 6.45) is 0.124. The Morgan fingerprint density at radius 1 is 0.967 bits per heavy atom. The molecule has 0 aliphatic heterocycles. The number of rotatable bonds is 7. The molecule has 3 aromatic rings. The van der Waals surface area contributed by atoms with E-state index in [4.69, 9.17) is 10.00 Å². The topological polar surface area (TPSA) is 82.4 Å². The SMILES string of the molecule is CC(=O)N(CCC(=O)Nc1ccc(Oc2ccccc2)cc1)c1cccc(C#N)c1. The summed E-state index contributed by atoms with van der Waals surface area (Å²) in [5, 5.41) is 11.9. The van der Waals surface area contributed by atoms with Crippen LogP contribution in [0.2, 0.25) is 0 Å². The van der Waals surface area contributed by atoms with Gasteiger partial charge in [-0.15, -0.1) is 0 Å². The van der Waals surface area contributed by atoms with Crippen molar-refractivity contribution in [3.8, 4) is 17.6 Å². The summed E-state index contributed by atoms with van der Waals surface area (Å²) in [6, 6.07) is 25.3. The number of hydrogen-bond acceptors (Lipinski definition) is 4. The predicted molar refractivity (Wildman–Crippen MR) is 115 cm³/mol. The molecule has 0 aromatic heterocycles. The first-order chi connectivity index (χ1) is 14.5. The number of amides is 2. The van der Waals surface area contributed by atoms with Gasteiger partial charge in [0.25, 0.3) is 0 Å². The summed E-state index contributed by atoms with van der Waals surface area (Å²) in [5.74, 6) is 0.994. The molecule has 0 aliphatic carbocycles. The van der Waals surface area contributed by atoms with Gasteiger partial charge in [-0.1, -0.05) is 24.3 Å². The monoisotopic (exact) mass is 399 g/mol. The fourth-order valence-electron chi connectivity index (χ4n) is 2.88. The minimum Gasteiger partial charge on any atom is -0.457 e. The summed E-state index contributed by atoms with van der Waals surface area (Å²) in [5.41, 5.74) is 1.69. The van der Waals surface area contributed by atoms with Crippen molar-refractivity contribution in [2.45, 2.75) is 13.3 Å². The number of nitrogens with one attached hydrogen (secondary N) is 1. The molecular weight excluding hydrogens is 378 g/mol. The fraction of sp³-hybridized carbons (Fsp3) is 0.125. The quantitative estimate of drug-likeness (QED) is 0.622. The number of benzene rings is 3. The first kappa shape index (κ1) is 20.6. The van der Waals surface area contributed by atoms with Gasteiger partial charge in [-0.25, -0.2) is 0 Å². The number of carbonyl (C=O) groups is 2. The molecule has 3 rings (SSSR count). The molecule has 0 fully saturated rings. The zero-order valence-electron chi connectivity index (χ0n) is 16.5. The van der Waals surface area contributed by atoms with Gasteiger partial charge in [-0.3, -0.25) is 9.59 Å². The maximum Gasteiger partial charge on any atom is 0.226 e. The van der Waals surface area contributed by atoms with Crippen LogP contribution in [0.5, 0.6) is 11.5 Å². The highest BCUT2D eigenvalue weighted by Gasteiger charge is 2.14. The second-order valence-corrected chi connectivity index (χ2v) is 6.57. The molecule has 0 aliphatic rings. The molecule has 0 saturated heterocycles. The van der Waals surface area contributed by atoms with E-state index < -0.39 is 0 Å². The number of ether oxygens (including phenoxy) is 1. The van der Waals surface area contributed by atoms with E-state index >= 15 is 0 Å². The molecule has 30 heavy (non-hydrogen) atoms. The molecule has 0 heterocycles. The molecule has 6 nitrogen and oxygen atoms in total. The number of para-hydroxylation sites is 1. The Morgan fingerprint density at radius 2 is 1.67 bits per heavy atom. The highest BCUT2D eigenvalue weighted by atomic mass is 16.5. The van der Waals surface area contributed by atoms with Crippen LogP contribution in [0.15, 0.2) is 78.9 Å². The van der Waals surface area contributed by atoms with Gasteiger partial charge in [0.15, 0.2) is 0 Å². The van der Waals surface area contributed by atoms with Crippen LogP contribution in [0.3, 0.4) is 0 Å². The van der Waals surface area contributed by atoms with E-state index in [0.717, 1.165) is 5.75 Å². The number of nitrogens with zero attached hydrogens (tertiary/aromatic N) is 2. The van der Waals surface area contributed by atoms with Crippen LogP contribution in [-0.2, 0) is 9.59 Å².